The second kappa shape index (κ2) is 5.12. The lowest BCUT2D eigenvalue weighted by Gasteiger charge is -2.12. The number of methoxy groups -OCH3 is 1. The van der Waals surface area contributed by atoms with Crippen molar-refractivity contribution in [3.05, 3.63) is 17.0 Å². The minimum atomic E-state index is 0.142. The number of halogens is 1. The minimum absolute atomic E-state index is 0.142. The molecule has 1 atom stereocenters. The van der Waals surface area contributed by atoms with Gasteiger partial charge in [-0.25, -0.2) is 9.97 Å². The van der Waals surface area contributed by atoms with Gasteiger partial charge >= 0.3 is 0 Å². The first-order chi connectivity index (χ1) is 6.63. The van der Waals surface area contributed by atoms with E-state index >= 15 is 0 Å². The summed E-state index contributed by atoms with van der Waals surface area (Å²) in [4.78, 5) is 7.94. The average molecular weight is 216 g/mol. The minimum Gasteiger partial charge on any atom is -0.380 e. The maximum Gasteiger partial charge on any atom is 0.224 e. The van der Waals surface area contributed by atoms with E-state index in [9.17, 15) is 0 Å². The highest BCUT2D eigenvalue weighted by Gasteiger charge is 2.04. The van der Waals surface area contributed by atoms with Crippen molar-refractivity contribution in [2.24, 2.45) is 0 Å². The highest BCUT2D eigenvalue weighted by atomic mass is 35.5. The van der Waals surface area contributed by atoms with Crippen LogP contribution >= 0.6 is 11.6 Å². The normalized spacial score (nSPS) is 12.6. The molecule has 0 aliphatic carbocycles. The summed E-state index contributed by atoms with van der Waals surface area (Å²) < 4.78 is 5.10. The van der Waals surface area contributed by atoms with Crippen molar-refractivity contribution in [2.45, 2.75) is 20.0 Å². The van der Waals surface area contributed by atoms with Crippen LogP contribution in [0.3, 0.4) is 0 Å². The molecule has 1 heterocycles. The molecule has 1 N–H and O–H groups in total. The number of nitrogens with zero attached hydrogens (tertiary/aromatic N) is 2. The fourth-order valence-corrected chi connectivity index (χ4v) is 1.06. The molecule has 0 bridgehead atoms. The third-order valence-corrected chi connectivity index (χ3v) is 2.08. The summed E-state index contributed by atoms with van der Waals surface area (Å²) >= 11 is 5.67. The average Bonchev–Trinajstić information content (AvgIpc) is 2.19. The molecule has 0 spiro atoms. The van der Waals surface area contributed by atoms with Crippen LogP contribution in [0.1, 0.15) is 12.5 Å². The molecule has 0 saturated carbocycles. The van der Waals surface area contributed by atoms with Crippen molar-refractivity contribution in [2.75, 3.05) is 19.0 Å². The summed E-state index contributed by atoms with van der Waals surface area (Å²) in [5.41, 5.74) is 0.970. The molecule has 0 aliphatic rings. The Bertz CT molecular complexity index is 306. The maximum atomic E-state index is 5.67. The van der Waals surface area contributed by atoms with Gasteiger partial charge < -0.3 is 10.1 Å². The van der Waals surface area contributed by atoms with Crippen LogP contribution in [0.4, 0.5) is 5.82 Å². The van der Waals surface area contributed by atoms with Crippen LogP contribution in [0.25, 0.3) is 0 Å². The number of aryl methyl sites for hydroxylation is 1. The quantitative estimate of drug-likeness (QED) is 0.780. The Labute approximate surface area is 88.7 Å². The van der Waals surface area contributed by atoms with E-state index in [-0.39, 0.29) is 11.4 Å². The molecule has 1 aromatic rings. The van der Waals surface area contributed by atoms with Gasteiger partial charge in [0.15, 0.2) is 0 Å². The topological polar surface area (TPSA) is 47.0 Å². The monoisotopic (exact) mass is 215 g/mol. The van der Waals surface area contributed by atoms with E-state index in [0.29, 0.717) is 6.54 Å². The Hall–Kier alpha value is -0.870. The Balaban J connectivity index is 2.62. The fourth-order valence-electron chi connectivity index (χ4n) is 0.923. The Morgan fingerprint density at radius 2 is 2.36 bits per heavy atom. The highest BCUT2D eigenvalue weighted by molar-refractivity contribution is 6.28. The van der Waals surface area contributed by atoms with Crippen LogP contribution in [0, 0.1) is 6.92 Å². The Morgan fingerprint density at radius 3 is 3.00 bits per heavy atom. The molecule has 1 unspecified atom stereocenters. The molecule has 14 heavy (non-hydrogen) atoms. The lowest BCUT2D eigenvalue weighted by molar-refractivity contribution is 0.128. The number of nitrogens with one attached hydrogen (secondary N) is 1. The molecule has 0 radical (unpaired) electrons. The number of hydrogen-bond acceptors (Lipinski definition) is 4. The summed E-state index contributed by atoms with van der Waals surface area (Å²) in [6, 6.07) is 0. The zero-order valence-electron chi connectivity index (χ0n) is 8.54. The van der Waals surface area contributed by atoms with Gasteiger partial charge in [-0.1, -0.05) is 0 Å². The summed E-state index contributed by atoms with van der Waals surface area (Å²) in [7, 11) is 1.67. The van der Waals surface area contributed by atoms with Crippen molar-refractivity contribution in [3.8, 4) is 0 Å². The molecular formula is C9H14ClN3O. The summed E-state index contributed by atoms with van der Waals surface area (Å²) in [6.45, 7) is 4.60. The van der Waals surface area contributed by atoms with Crippen molar-refractivity contribution in [1.82, 2.24) is 9.97 Å². The lowest BCUT2D eigenvalue weighted by atomic mass is 10.3. The molecule has 4 nitrogen and oxygen atoms in total. The van der Waals surface area contributed by atoms with Crippen LogP contribution in [-0.4, -0.2) is 29.7 Å². The van der Waals surface area contributed by atoms with Gasteiger partial charge in [-0.2, -0.15) is 0 Å². The van der Waals surface area contributed by atoms with E-state index in [4.69, 9.17) is 16.3 Å². The van der Waals surface area contributed by atoms with Crippen LogP contribution in [0.2, 0.25) is 5.28 Å². The summed E-state index contributed by atoms with van der Waals surface area (Å²) in [6.07, 6.45) is 1.83. The molecule has 0 fully saturated rings. The van der Waals surface area contributed by atoms with E-state index in [0.717, 1.165) is 11.4 Å². The predicted molar refractivity (Wildman–Crippen MR) is 56.7 cm³/mol. The third-order valence-electron chi connectivity index (χ3n) is 1.90. The van der Waals surface area contributed by atoms with E-state index in [1.54, 1.807) is 13.3 Å². The van der Waals surface area contributed by atoms with Crippen LogP contribution < -0.4 is 5.32 Å². The molecular weight excluding hydrogens is 202 g/mol. The van der Waals surface area contributed by atoms with Gasteiger partial charge in [-0.3, -0.25) is 0 Å². The van der Waals surface area contributed by atoms with Gasteiger partial charge in [0.05, 0.1) is 6.10 Å². The van der Waals surface area contributed by atoms with Gasteiger partial charge in [-0.05, 0) is 25.4 Å². The molecule has 1 rings (SSSR count). The second-order valence-corrected chi connectivity index (χ2v) is 3.44. The number of ether oxygens (including phenoxy) is 1. The highest BCUT2D eigenvalue weighted by Crippen LogP contribution is 2.12. The standard InChI is InChI=1S/C9H14ClN3O/c1-6-4-12-9(10)13-8(6)11-5-7(2)14-3/h4,7H,5H2,1-3H3,(H,11,12,13). The molecule has 0 aliphatic heterocycles. The molecule has 0 amide bonds. The number of hydrogen-bond donors (Lipinski definition) is 1. The summed E-state index contributed by atoms with van der Waals surface area (Å²) in [5.74, 6) is 0.758. The molecule has 1 aromatic heterocycles. The zero-order chi connectivity index (χ0) is 10.6. The van der Waals surface area contributed by atoms with Crippen LogP contribution in [0.5, 0.6) is 0 Å². The SMILES string of the molecule is COC(C)CNc1nc(Cl)ncc1C. The van der Waals surface area contributed by atoms with Gasteiger partial charge in [0.25, 0.3) is 0 Å². The first-order valence-corrected chi connectivity index (χ1v) is 4.77. The van der Waals surface area contributed by atoms with Crippen molar-refractivity contribution >= 4 is 17.4 Å². The second-order valence-electron chi connectivity index (χ2n) is 3.10. The maximum absolute atomic E-state index is 5.67. The van der Waals surface area contributed by atoms with Crippen molar-refractivity contribution in [1.29, 1.82) is 0 Å². The van der Waals surface area contributed by atoms with Crippen LogP contribution in [0.15, 0.2) is 6.20 Å². The molecule has 0 aromatic carbocycles. The molecule has 5 heteroatoms. The Kier molecular flexibility index (Phi) is 4.10. The predicted octanol–water partition coefficient (Wildman–Crippen LogP) is 1.89. The number of anilines is 1. The summed E-state index contributed by atoms with van der Waals surface area (Å²) in [5, 5.41) is 3.40. The molecule has 78 valence electrons. The van der Waals surface area contributed by atoms with E-state index in [1.165, 1.54) is 0 Å². The first kappa shape index (κ1) is 11.2. The van der Waals surface area contributed by atoms with E-state index in [1.807, 2.05) is 13.8 Å². The van der Waals surface area contributed by atoms with Gasteiger partial charge in [0, 0.05) is 25.4 Å². The smallest absolute Gasteiger partial charge is 0.224 e. The third kappa shape index (κ3) is 3.12. The molecule has 0 saturated heterocycles. The largest absolute Gasteiger partial charge is 0.380 e. The lowest BCUT2D eigenvalue weighted by Crippen LogP contribution is -2.19. The van der Waals surface area contributed by atoms with E-state index in [2.05, 4.69) is 15.3 Å². The first-order valence-electron chi connectivity index (χ1n) is 4.39. The fraction of sp³-hybridized carbons (Fsp3) is 0.556. The van der Waals surface area contributed by atoms with Gasteiger partial charge in [-0.15, -0.1) is 0 Å². The van der Waals surface area contributed by atoms with Crippen molar-refractivity contribution < 1.29 is 4.74 Å². The van der Waals surface area contributed by atoms with Gasteiger partial charge in [0.2, 0.25) is 5.28 Å². The van der Waals surface area contributed by atoms with Gasteiger partial charge in [0.1, 0.15) is 5.82 Å². The number of rotatable bonds is 4. The van der Waals surface area contributed by atoms with Crippen molar-refractivity contribution in [3.63, 3.8) is 0 Å². The van der Waals surface area contributed by atoms with E-state index < -0.39 is 0 Å². The Morgan fingerprint density at radius 1 is 1.64 bits per heavy atom. The number of aromatic nitrogens is 2. The van der Waals surface area contributed by atoms with Crippen LogP contribution in [-0.2, 0) is 4.74 Å². The zero-order valence-corrected chi connectivity index (χ0v) is 9.30.